The van der Waals surface area contributed by atoms with Gasteiger partial charge in [0.25, 0.3) is 5.91 Å². The summed E-state index contributed by atoms with van der Waals surface area (Å²) in [5.41, 5.74) is 3.49. The van der Waals surface area contributed by atoms with Crippen molar-refractivity contribution < 1.29 is 14.3 Å². The smallest absolute Gasteiger partial charge is 0.339 e. The van der Waals surface area contributed by atoms with E-state index in [4.69, 9.17) is 4.74 Å². The summed E-state index contributed by atoms with van der Waals surface area (Å²) in [6.07, 6.45) is -0.345. The molecule has 2 heterocycles. The number of hydrogen-bond donors (Lipinski definition) is 1. The van der Waals surface area contributed by atoms with Crippen molar-refractivity contribution in [3.63, 3.8) is 0 Å². The van der Waals surface area contributed by atoms with Crippen LogP contribution in [0.25, 0.3) is 0 Å². The third kappa shape index (κ3) is 3.90. The molecule has 6 heteroatoms. The molecule has 1 aliphatic rings. The largest absolute Gasteiger partial charge is 0.448 e. The number of fused-ring (bicyclic) bond motifs is 1. The molecule has 0 aliphatic carbocycles. The normalized spacial score (nSPS) is 17.6. The molecule has 0 saturated carbocycles. The van der Waals surface area contributed by atoms with Crippen molar-refractivity contribution in [2.75, 3.05) is 6.54 Å². The second kappa shape index (κ2) is 7.09. The Morgan fingerprint density at radius 3 is 2.88 bits per heavy atom. The van der Waals surface area contributed by atoms with E-state index < -0.39 is 12.1 Å². The number of aryl methyl sites for hydroxylation is 2. The Kier molecular flexibility index (Phi) is 4.88. The molecule has 25 heavy (non-hydrogen) atoms. The van der Waals surface area contributed by atoms with Gasteiger partial charge in [-0.1, -0.05) is 25.1 Å². The van der Waals surface area contributed by atoms with E-state index >= 15 is 0 Å². The average molecular weight is 341 g/mol. The Hall–Kier alpha value is -2.63. The molecule has 2 aromatic rings. The molecular formula is C19H23N3O3. The van der Waals surface area contributed by atoms with Gasteiger partial charge in [-0.3, -0.25) is 9.48 Å². The number of cyclic esters (lactones) is 1. The highest BCUT2D eigenvalue weighted by atomic mass is 16.5. The van der Waals surface area contributed by atoms with Gasteiger partial charge in [0.15, 0.2) is 6.10 Å². The molecule has 2 atom stereocenters. The van der Waals surface area contributed by atoms with Crippen LogP contribution >= 0.6 is 0 Å². The van der Waals surface area contributed by atoms with E-state index in [1.165, 1.54) is 0 Å². The molecule has 1 amide bonds. The lowest BCUT2D eigenvalue weighted by molar-refractivity contribution is -0.130. The van der Waals surface area contributed by atoms with Gasteiger partial charge in [0, 0.05) is 25.2 Å². The van der Waals surface area contributed by atoms with E-state index in [0.29, 0.717) is 18.5 Å². The van der Waals surface area contributed by atoms with Crippen LogP contribution in [-0.2, 0) is 22.5 Å². The Bertz CT molecular complexity index is 797. The van der Waals surface area contributed by atoms with Crippen molar-refractivity contribution in [3.05, 3.63) is 52.8 Å². The standard InChI is InChI=1S/C19H23N3O3/c1-12(11-22-14(3)8-13(2)21-22)10-20-18(23)17-9-15-6-4-5-7-16(15)19(24)25-17/h4-8,12,17H,9-11H2,1-3H3,(H,20,23)/t12-,17+/m1/s1. The quantitative estimate of drug-likeness (QED) is 0.845. The molecule has 0 radical (unpaired) electrons. The molecule has 0 unspecified atom stereocenters. The molecular weight excluding hydrogens is 318 g/mol. The van der Waals surface area contributed by atoms with Crippen LogP contribution in [0.4, 0.5) is 0 Å². The summed E-state index contributed by atoms with van der Waals surface area (Å²) in [7, 11) is 0. The zero-order chi connectivity index (χ0) is 18.0. The Labute approximate surface area is 147 Å². The number of rotatable bonds is 5. The van der Waals surface area contributed by atoms with Crippen LogP contribution in [0, 0.1) is 19.8 Å². The summed E-state index contributed by atoms with van der Waals surface area (Å²) in [6, 6.07) is 9.28. The Balaban J connectivity index is 1.54. The van der Waals surface area contributed by atoms with Gasteiger partial charge in [-0.25, -0.2) is 4.79 Å². The lowest BCUT2D eigenvalue weighted by Gasteiger charge is -2.24. The zero-order valence-electron chi connectivity index (χ0n) is 14.8. The van der Waals surface area contributed by atoms with Crippen molar-refractivity contribution in [1.82, 2.24) is 15.1 Å². The van der Waals surface area contributed by atoms with Crippen molar-refractivity contribution in [2.24, 2.45) is 5.92 Å². The minimum Gasteiger partial charge on any atom is -0.448 e. The summed E-state index contributed by atoms with van der Waals surface area (Å²) in [5.74, 6) is -0.464. The number of ether oxygens (including phenoxy) is 1. The van der Waals surface area contributed by atoms with Crippen LogP contribution in [0.15, 0.2) is 30.3 Å². The predicted octanol–water partition coefficient (Wildman–Crippen LogP) is 2.03. The number of hydrogen-bond acceptors (Lipinski definition) is 4. The van der Waals surface area contributed by atoms with Crippen LogP contribution in [0.1, 0.15) is 34.2 Å². The van der Waals surface area contributed by atoms with Crippen molar-refractivity contribution in [1.29, 1.82) is 0 Å². The highest BCUT2D eigenvalue weighted by molar-refractivity contribution is 5.95. The number of aromatic nitrogens is 2. The highest BCUT2D eigenvalue weighted by Gasteiger charge is 2.30. The summed E-state index contributed by atoms with van der Waals surface area (Å²) in [6.45, 7) is 7.27. The first-order chi connectivity index (χ1) is 11.9. The molecule has 1 N–H and O–H groups in total. The maximum absolute atomic E-state index is 12.4. The maximum atomic E-state index is 12.4. The predicted molar refractivity (Wildman–Crippen MR) is 93.2 cm³/mol. The number of carbonyl (C=O) groups is 2. The molecule has 0 fully saturated rings. The third-order valence-electron chi connectivity index (χ3n) is 4.40. The third-order valence-corrected chi connectivity index (χ3v) is 4.40. The molecule has 1 aromatic heterocycles. The Morgan fingerprint density at radius 1 is 1.40 bits per heavy atom. The molecule has 1 aliphatic heterocycles. The fourth-order valence-corrected chi connectivity index (χ4v) is 3.09. The fraction of sp³-hybridized carbons (Fsp3) is 0.421. The SMILES string of the molecule is Cc1cc(C)n(C[C@H](C)CNC(=O)[C@@H]2Cc3ccccc3C(=O)O2)n1. The second-order valence-corrected chi connectivity index (χ2v) is 6.71. The molecule has 1 aromatic carbocycles. The van der Waals surface area contributed by atoms with Crippen LogP contribution in [0.2, 0.25) is 0 Å². The van der Waals surface area contributed by atoms with Crippen molar-refractivity contribution in [2.45, 2.75) is 39.8 Å². The lowest BCUT2D eigenvalue weighted by Crippen LogP contribution is -2.43. The summed E-state index contributed by atoms with van der Waals surface area (Å²) >= 11 is 0. The van der Waals surface area contributed by atoms with Gasteiger partial charge in [-0.05, 0) is 37.5 Å². The first-order valence-corrected chi connectivity index (χ1v) is 8.51. The number of esters is 1. The minimum absolute atomic E-state index is 0.216. The molecule has 132 valence electrons. The molecule has 6 nitrogen and oxygen atoms in total. The first kappa shape index (κ1) is 17.2. The van der Waals surface area contributed by atoms with Crippen LogP contribution in [-0.4, -0.2) is 34.3 Å². The van der Waals surface area contributed by atoms with E-state index in [9.17, 15) is 9.59 Å². The topological polar surface area (TPSA) is 73.2 Å². The second-order valence-electron chi connectivity index (χ2n) is 6.71. The van der Waals surface area contributed by atoms with Gasteiger partial charge in [0.05, 0.1) is 11.3 Å². The van der Waals surface area contributed by atoms with E-state index in [1.54, 1.807) is 12.1 Å². The van der Waals surface area contributed by atoms with Gasteiger partial charge in [-0.15, -0.1) is 0 Å². The number of amides is 1. The summed E-state index contributed by atoms with van der Waals surface area (Å²) in [4.78, 5) is 24.4. The van der Waals surface area contributed by atoms with Crippen molar-refractivity contribution >= 4 is 11.9 Å². The first-order valence-electron chi connectivity index (χ1n) is 8.51. The molecule has 0 saturated heterocycles. The van der Waals surface area contributed by atoms with Gasteiger partial charge in [0.1, 0.15) is 0 Å². The molecule has 0 bridgehead atoms. The van der Waals surface area contributed by atoms with E-state index in [1.807, 2.05) is 36.7 Å². The summed E-state index contributed by atoms with van der Waals surface area (Å²) in [5, 5.41) is 7.33. The number of benzene rings is 1. The van der Waals surface area contributed by atoms with Gasteiger partial charge in [0.2, 0.25) is 0 Å². The van der Waals surface area contributed by atoms with Crippen LogP contribution < -0.4 is 5.32 Å². The van der Waals surface area contributed by atoms with E-state index in [-0.39, 0.29) is 11.8 Å². The highest BCUT2D eigenvalue weighted by Crippen LogP contribution is 2.20. The van der Waals surface area contributed by atoms with Gasteiger partial charge in [-0.2, -0.15) is 5.10 Å². The average Bonchev–Trinajstić information content (AvgIpc) is 2.89. The fourth-order valence-electron chi connectivity index (χ4n) is 3.09. The Morgan fingerprint density at radius 2 is 2.16 bits per heavy atom. The lowest BCUT2D eigenvalue weighted by atomic mass is 9.98. The van der Waals surface area contributed by atoms with E-state index in [0.717, 1.165) is 23.5 Å². The zero-order valence-corrected chi connectivity index (χ0v) is 14.8. The molecule has 3 rings (SSSR count). The van der Waals surface area contributed by atoms with Gasteiger partial charge >= 0.3 is 5.97 Å². The number of carbonyl (C=O) groups excluding carboxylic acids is 2. The van der Waals surface area contributed by atoms with Gasteiger partial charge < -0.3 is 10.1 Å². The monoisotopic (exact) mass is 341 g/mol. The summed E-state index contributed by atoms with van der Waals surface area (Å²) < 4.78 is 7.23. The van der Waals surface area contributed by atoms with Crippen molar-refractivity contribution in [3.8, 4) is 0 Å². The van der Waals surface area contributed by atoms with Crippen LogP contribution in [0.3, 0.4) is 0 Å². The number of nitrogens with zero attached hydrogens (tertiary/aromatic N) is 2. The van der Waals surface area contributed by atoms with Crippen LogP contribution in [0.5, 0.6) is 0 Å². The minimum atomic E-state index is -0.761. The molecule has 0 spiro atoms. The van der Waals surface area contributed by atoms with E-state index in [2.05, 4.69) is 17.3 Å². The maximum Gasteiger partial charge on any atom is 0.339 e. The number of nitrogens with one attached hydrogen (secondary N) is 1.